The number of likely N-dealkylation sites (tertiary alicyclic amines) is 1. The number of β-amino-alcohol motifs (C(OH)–C–C–N with tert-alkyl or cyclic N) is 1. The summed E-state index contributed by atoms with van der Waals surface area (Å²) >= 11 is 0. The molecule has 5 rings (SSSR count). The lowest BCUT2D eigenvalue weighted by Crippen LogP contribution is -2.24. The molecule has 7 nitrogen and oxygen atoms in total. The maximum atomic E-state index is 12.3. The number of hydrogen-bond donors (Lipinski definition) is 2. The first kappa shape index (κ1) is 20.5. The Morgan fingerprint density at radius 2 is 1.94 bits per heavy atom. The van der Waals surface area contributed by atoms with Crippen molar-refractivity contribution in [2.45, 2.75) is 31.5 Å². The zero-order chi connectivity index (χ0) is 22.3. The van der Waals surface area contributed by atoms with E-state index >= 15 is 0 Å². The summed E-state index contributed by atoms with van der Waals surface area (Å²) in [7, 11) is 0. The molecule has 4 aromatic rings. The van der Waals surface area contributed by atoms with Gasteiger partial charge in [0.25, 0.3) is 0 Å². The maximum Gasteiger partial charge on any atom is 0.573 e. The van der Waals surface area contributed by atoms with E-state index in [1.807, 2.05) is 30.5 Å². The number of aromatic nitrogens is 3. The molecule has 2 aromatic heterocycles. The van der Waals surface area contributed by atoms with Gasteiger partial charge in [-0.05, 0) is 42.3 Å². The Kier molecular flexibility index (Phi) is 5.10. The van der Waals surface area contributed by atoms with Gasteiger partial charge in [-0.25, -0.2) is 0 Å². The molecule has 0 aliphatic carbocycles. The first-order valence-electron chi connectivity index (χ1n) is 10.0. The average Bonchev–Trinajstić information content (AvgIpc) is 3.47. The van der Waals surface area contributed by atoms with Crippen molar-refractivity contribution in [2.75, 3.05) is 6.54 Å². The van der Waals surface area contributed by atoms with E-state index in [-0.39, 0.29) is 17.6 Å². The average molecular weight is 444 g/mol. The number of H-pyrrole nitrogens is 1. The van der Waals surface area contributed by atoms with Crippen LogP contribution >= 0.6 is 0 Å². The van der Waals surface area contributed by atoms with E-state index in [0.29, 0.717) is 31.0 Å². The van der Waals surface area contributed by atoms with Gasteiger partial charge in [-0.1, -0.05) is 23.4 Å². The second-order valence-corrected chi connectivity index (χ2v) is 7.72. The number of ether oxygens (including phenoxy) is 1. The maximum absolute atomic E-state index is 12.3. The summed E-state index contributed by atoms with van der Waals surface area (Å²) in [6, 6.07) is 13.0. The molecular weight excluding hydrogens is 425 g/mol. The van der Waals surface area contributed by atoms with E-state index in [2.05, 4.69) is 24.8 Å². The van der Waals surface area contributed by atoms with Crippen molar-refractivity contribution < 1.29 is 27.5 Å². The first-order valence-corrected chi connectivity index (χ1v) is 10.0. The molecule has 1 aliphatic heterocycles. The van der Waals surface area contributed by atoms with Crippen molar-refractivity contribution in [3.63, 3.8) is 0 Å². The Balaban J connectivity index is 1.35. The van der Waals surface area contributed by atoms with Crippen LogP contribution in [0.5, 0.6) is 5.75 Å². The number of fused-ring (bicyclic) bond motifs is 1. The van der Waals surface area contributed by atoms with Gasteiger partial charge in [0.2, 0.25) is 11.7 Å². The van der Waals surface area contributed by atoms with Gasteiger partial charge in [0.15, 0.2) is 0 Å². The number of nitrogens with zero attached hydrogens (tertiary/aromatic N) is 3. The number of para-hydroxylation sites is 1. The van der Waals surface area contributed by atoms with Crippen LogP contribution in [0.25, 0.3) is 22.3 Å². The fourth-order valence-electron chi connectivity index (χ4n) is 4.09. The summed E-state index contributed by atoms with van der Waals surface area (Å²) in [4.78, 5) is 9.77. The van der Waals surface area contributed by atoms with Gasteiger partial charge in [-0.3, -0.25) is 4.90 Å². The number of benzene rings is 2. The van der Waals surface area contributed by atoms with Crippen LogP contribution in [0.1, 0.15) is 23.9 Å². The monoisotopic (exact) mass is 444 g/mol. The molecule has 0 radical (unpaired) electrons. The summed E-state index contributed by atoms with van der Waals surface area (Å²) in [5, 5.41) is 15.4. The predicted octanol–water partition coefficient (Wildman–Crippen LogP) is 4.42. The van der Waals surface area contributed by atoms with Crippen LogP contribution in [-0.2, 0) is 6.54 Å². The Bertz CT molecular complexity index is 1220. The molecule has 2 aromatic carbocycles. The molecule has 166 valence electrons. The van der Waals surface area contributed by atoms with Crippen LogP contribution in [0.2, 0.25) is 0 Å². The van der Waals surface area contributed by atoms with Crippen molar-refractivity contribution in [3.05, 3.63) is 66.2 Å². The van der Waals surface area contributed by atoms with Crippen molar-refractivity contribution >= 4 is 10.9 Å². The lowest BCUT2D eigenvalue weighted by Gasteiger charge is -2.20. The first-order chi connectivity index (χ1) is 15.4. The predicted molar refractivity (Wildman–Crippen MR) is 108 cm³/mol. The topological polar surface area (TPSA) is 87.4 Å². The highest BCUT2D eigenvalue weighted by Crippen LogP contribution is 2.35. The smallest absolute Gasteiger partial charge is 0.406 e. The van der Waals surface area contributed by atoms with E-state index in [1.54, 1.807) is 0 Å². The summed E-state index contributed by atoms with van der Waals surface area (Å²) < 4.78 is 46.4. The van der Waals surface area contributed by atoms with Crippen LogP contribution in [0.4, 0.5) is 13.2 Å². The van der Waals surface area contributed by atoms with Gasteiger partial charge in [0.1, 0.15) is 5.75 Å². The minimum absolute atomic E-state index is 0.256. The quantitative estimate of drug-likeness (QED) is 0.474. The number of halogens is 3. The Hall–Kier alpha value is -3.37. The molecule has 0 unspecified atom stereocenters. The molecule has 2 N–H and O–H groups in total. The normalized spacial score (nSPS) is 19.6. The summed E-state index contributed by atoms with van der Waals surface area (Å²) in [6.45, 7) is 1.05. The number of hydrogen-bond acceptors (Lipinski definition) is 6. The Morgan fingerprint density at radius 3 is 2.72 bits per heavy atom. The zero-order valence-corrected chi connectivity index (χ0v) is 16.7. The minimum Gasteiger partial charge on any atom is -0.406 e. The molecule has 0 spiro atoms. The fourth-order valence-corrected chi connectivity index (χ4v) is 4.09. The SMILES string of the molecule is O[C@@H]1C[C@@H](c2nc(-c3ccc(OC(F)(F)F)cc3)no2)N(Cc2c[nH]c3ccccc23)C1. The van der Waals surface area contributed by atoms with Gasteiger partial charge < -0.3 is 19.4 Å². The second-order valence-electron chi connectivity index (χ2n) is 7.72. The van der Waals surface area contributed by atoms with Gasteiger partial charge >= 0.3 is 6.36 Å². The summed E-state index contributed by atoms with van der Waals surface area (Å²) in [6.07, 6.45) is -2.88. The highest BCUT2D eigenvalue weighted by molar-refractivity contribution is 5.82. The third-order valence-electron chi connectivity index (χ3n) is 5.50. The van der Waals surface area contributed by atoms with Crippen LogP contribution in [0.15, 0.2) is 59.3 Å². The lowest BCUT2D eigenvalue weighted by atomic mass is 10.1. The molecule has 0 amide bonds. The second kappa shape index (κ2) is 7.95. The van der Waals surface area contributed by atoms with Gasteiger partial charge in [0.05, 0.1) is 12.1 Å². The Morgan fingerprint density at radius 1 is 1.16 bits per heavy atom. The van der Waals surface area contributed by atoms with E-state index in [4.69, 9.17) is 4.52 Å². The highest BCUT2D eigenvalue weighted by atomic mass is 19.4. The number of alkyl halides is 3. The van der Waals surface area contributed by atoms with Crippen LogP contribution < -0.4 is 4.74 Å². The molecule has 3 heterocycles. The van der Waals surface area contributed by atoms with E-state index in [1.165, 1.54) is 24.3 Å². The van der Waals surface area contributed by atoms with E-state index in [0.717, 1.165) is 16.5 Å². The molecular formula is C22H19F3N4O3. The molecule has 1 fully saturated rings. The third-order valence-corrected chi connectivity index (χ3v) is 5.50. The zero-order valence-electron chi connectivity index (χ0n) is 16.7. The highest BCUT2D eigenvalue weighted by Gasteiger charge is 2.36. The molecule has 0 bridgehead atoms. The minimum atomic E-state index is -4.75. The molecule has 2 atom stereocenters. The van der Waals surface area contributed by atoms with Crippen LogP contribution in [0.3, 0.4) is 0 Å². The Labute approximate surface area is 180 Å². The number of aliphatic hydroxyl groups excluding tert-OH is 1. The largest absolute Gasteiger partial charge is 0.573 e. The summed E-state index contributed by atoms with van der Waals surface area (Å²) in [5.74, 6) is 0.285. The van der Waals surface area contributed by atoms with Crippen molar-refractivity contribution in [3.8, 4) is 17.1 Å². The third kappa shape index (κ3) is 4.19. The van der Waals surface area contributed by atoms with Crippen molar-refractivity contribution in [1.82, 2.24) is 20.0 Å². The number of aliphatic hydroxyl groups is 1. The lowest BCUT2D eigenvalue weighted by molar-refractivity contribution is -0.274. The number of rotatable bonds is 5. The molecule has 10 heteroatoms. The molecule has 1 aliphatic rings. The number of aromatic amines is 1. The van der Waals surface area contributed by atoms with Crippen molar-refractivity contribution in [1.29, 1.82) is 0 Å². The van der Waals surface area contributed by atoms with E-state index < -0.39 is 12.5 Å². The van der Waals surface area contributed by atoms with Crippen LogP contribution in [0, 0.1) is 0 Å². The van der Waals surface area contributed by atoms with Gasteiger partial charge in [-0.2, -0.15) is 4.98 Å². The van der Waals surface area contributed by atoms with Crippen molar-refractivity contribution in [2.24, 2.45) is 0 Å². The molecule has 0 saturated carbocycles. The standard InChI is InChI=1S/C22H19F3N4O3/c23-22(24,25)31-16-7-5-13(6-8-16)20-27-21(32-28-20)19-9-15(30)12-29(19)11-14-10-26-18-4-2-1-3-17(14)18/h1-8,10,15,19,26,30H,9,11-12H2/t15-,19+/m1/s1. The van der Waals surface area contributed by atoms with E-state index in [9.17, 15) is 18.3 Å². The molecule has 1 saturated heterocycles. The van der Waals surface area contributed by atoms with Gasteiger partial charge in [0, 0.05) is 35.8 Å². The van der Waals surface area contributed by atoms with Crippen LogP contribution in [-0.4, -0.2) is 44.1 Å². The van der Waals surface area contributed by atoms with Gasteiger partial charge in [-0.15, -0.1) is 13.2 Å². The fraction of sp³-hybridized carbons (Fsp3) is 0.273. The molecule has 32 heavy (non-hydrogen) atoms. The number of nitrogens with one attached hydrogen (secondary N) is 1. The summed E-state index contributed by atoms with van der Waals surface area (Å²) in [5.41, 5.74) is 2.63.